The van der Waals surface area contributed by atoms with Crippen LogP contribution in [0.25, 0.3) is 108 Å². The van der Waals surface area contributed by atoms with Crippen molar-refractivity contribution in [3.8, 4) is 44.6 Å². The van der Waals surface area contributed by atoms with Gasteiger partial charge in [0.1, 0.15) is 11.2 Å². The molecule has 0 bridgehead atoms. The Morgan fingerprint density at radius 1 is 0.365 bits per heavy atom. The minimum Gasteiger partial charge on any atom is -0.456 e. The molecule has 3 aromatic heterocycles. The molecular formula is C49H29NOS. The fourth-order valence-corrected chi connectivity index (χ4v) is 9.12. The predicted molar refractivity (Wildman–Crippen MR) is 221 cm³/mol. The van der Waals surface area contributed by atoms with Gasteiger partial charge in [-0.05, 0) is 70.3 Å². The lowest BCUT2D eigenvalue weighted by molar-refractivity contribution is 0.669. The highest BCUT2D eigenvalue weighted by molar-refractivity contribution is 7.25. The van der Waals surface area contributed by atoms with Gasteiger partial charge in [-0.1, -0.05) is 133 Å². The number of aromatic nitrogens is 1. The van der Waals surface area contributed by atoms with Crippen LogP contribution in [0.15, 0.2) is 180 Å². The van der Waals surface area contributed by atoms with Gasteiger partial charge in [-0.25, -0.2) is 4.98 Å². The Morgan fingerprint density at radius 2 is 1.00 bits per heavy atom. The molecule has 3 heteroatoms. The lowest BCUT2D eigenvalue weighted by atomic mass is 9.89. The molecule has 0 atom stereocenters. The molecule has 242 valence electrons. The summed E-state index contributed by atoms with van der Waals surface area (Å²) in [5.41, 5.74) is 11.9. The van der Waals surface area contributed by atoms with Crippen LogP contribution in [0.5, 0.6) is 0 Å². The van der Waals surface area contributed by atoms with Crippen LogP contribution in [-0.2, 0) is 0 Å². The third-order valence-corrected chi connectivity index (χ3v) is 11.6. The first kappa shape index (κ1) is 29.2. The second-order valence-corrected chi connectivity index (χ2v) is 14.5. The SMILES string of the molecule is c1ccc(-c2c3c(cc4c(-c5ccc(-c6cccc(-c7ccc8sc9ccccc9c8c7)c6)cc5)nc5ccccc5c24)oc2ccccc23)cc1. The Hall–Kier alpha value is -6.55. The molecule has 3 heterocycles. The fraction of sp³-hybridized carbons (Fsp3) is 0. The number of pyridine rings is 1. The third-order valence-electron chi connectivity index (χ3n) is 10.5. The summed E-state index contributed by atoms with van der Waals surface area (Å²) in [6.07, 6.45) is 0. The van der Waals surface area contributed by atoms with Crippen molar-refractivity contribution >= 4 is 75.1 Å². The smallest absolute Gasteiger partial charge is 0.136 e. The number of para-hydroxylation sites is 2. The van der Waals surface area contributed by atoms with Crippen LogP contribution in [0.4, 0.5) is 0 Å². The molecule has 0 unspecified atom stereocenters. The molecule has 8 aromatic carbocycles. The van der Waals surface area contributed by atoms with Gasteiger partial charge >= 0.3 is 0 Å². The summed E-state index contributed by atoms with van der Waals surface area (Å²) in [6.45, 7) is 0. The number of fused-ring (bicyclic) bond motifs is 9. The number of hydrogen-bond acceptors (Lipinski definition) is 3. The molecule has 0 saturated carbocycles. The molecule has 0 aliphatic rings. The molecule has 0 spiro atoms. The minimum atomic E-state index is 0.868. The maximum atomic E-state index is 6.56. The van der Waals surface area contributed by atoms with Gasteiger partial charge in [0, 0.05) is 58.2 Å². The standard InChI is InChI=1S/C49H29NOS/c1-2-11-31(12-3-1)46-47-37-16-4-7-18-41(37)50-49(40(47)29-43-48(46)38-17-5-8-19-42(38)51-43)32-23-21-30(22-24-32)33-13-10-14-34(27-33)35-25-26-45-39(28-35)36-15-6-9-20-44(36)52-45/h1-29H. The van der Waals surface area contributed by atoms with E-state index in [0.717, 1.165) is 55.0 Å². The van der Waals surface area contributed by atoms with E-state index in [4.69, 9.17) is 9.40 Å². The highest BCUT2D eigenvalue weighted by Crippen LogP contribution is 2.46. The summed E-state index contributed by atoms with van der Waals surface area (Å²) in [6, 6.07) is 63.1. The Labute approximate surface area is 303 Å². The summed E-state index contributed by atoms with van der Waals surface area (Å²) in [7, 11) is 0. The van der Waals surface area contributed by atoms with Crippen molar-refractivity contribution in [1.82, 2.24) is 4.98 Å². The van der Waals surface area contributed by atoms with E-state index < -0.39 is 0 Å². The van der Waals surface area contributed by atoms with Crippen molar-refractivity contribution in [1.29, 1.82) is 0 Å². The number of benzene rings is 8. The molecule has 2 nitrogen and oxygen atoms in total. The minimum absolute atomic E-state index is 0.868. The van der Waals surface area contributed by atoms with E-state index in [9.17, 15) is 0 Å². The van der Waals surface area contributed by atoms with Gasteiger partial charge in [-0.3, -0.25) is 0 Å². The fourth-order valence-electron chi connectivity index (χ4n) is 8.03. The average Bonchev–Trinajstić information content (AvgIpc) is 3.78. The summed E-state index contributed by atoms with van der Waals surface area (Å²) in [5, 5.41) is 8.30. The number of hydrogen-bond donors (Lipinski definition) is 0. The van der Waals surface area contributed by atoms with Crippen LogP contribution >= 0.6 is 11.3 Å². The average molecular weight is 680 g/mol. The largest absolute Gasteiger partial charge is 0.456 e. The van der Waals surface area contributed by atoms with Crippen molar-refractivity contribution in [2.45, 2.75) is 0 Å². The second-order valence-electron chi connectivity index (χ2n) is 13.5. The highest BCUT2D eigenvalue weighted by Gasteiger charge is 2.21. The van der Waals surface area contributed by atoms with Crippen LogP contribution in [0.3, 0.4) is 0 Å². The Bertz CT molecular complexity index is 3170. The van der Waals surface area contributed by atoms with E-state index in [0.29, 0.717) is 0 Å². The second kappa shape index (κ2) is 11.5. The zero-order valence-electron chi connectivity index (χ0n) is 28.0. The molecule has 0 fully saturated rings. The van der Waals surface area contributed by atoms with E-state index in [1.807, 2.05) is 17.4 Å². The zero-order chi connectivity index (χ0) is 34.2. The van der Waals surface area contributed by atoms with Gasteiger partial charge in [-0.15, -0.1) is 11.3 Å². The van der Waals surface area contributed by atoms with Gasteiger partial charge in [0.2, 0.25) is 0 Å². The van der Waals surface area contributed by atoms with Gasteiger partial charge in [0.05, 0.1) is 11.2 Å². The maximum absolute atomic E-state index is 6.56. The van der Waals surface area contributed by atoms with Crippen molar-refractivity contribution in [3.63, 3.8) is 0 Å². The zero-order valence-corrected chi connectivity index (χ0v) is 28.8. The van der Waals surface area contributed by atoms with Crippen molar-refractivity contribution in [2.75, 3.05) is 0 Å². The molecule has 0 amide bonds. The quantitative estimate of drug-likeness (QED) is 0.173. The van der Waals surface area contributed by atoms with E-state index >= 15 is 0 Å². The van der Waals surface area contributed by atoms with Gasteiger partial charge in [-0.2, -0.15) is 0 Å². The number of nitrogens with zero attached hydrogens (tertiary/aromatic N) is 1. The first-order chi connectivity index (χ1) is 25.8. The number of furan rings is 1. The Kier molecular flexibility index (Phi) is 6.46. The molecule has 0 N–H and O–H groups in total. The van der Waals surface area contributed by atoms with E-state index in [2.05, 4.69) is 170 Å². The molecule has 0 radical (unpaired) electrons. The van der Waals surface area contributed by atoms with Crippen LogP contribution < -0.4 is 0 Å². The normalized spacial score (nSPS) is 11.8. The molecule has 52 heavy (non-hydrogen) atoms. The lowest BCUT2D eigenvalue weighted by Crippen LogP contribution is -1.93. The van der Waals surface area contributed by atoms with E-state index in [-0.39, 0.29) is 0 Å². The molecule has 0 aliphatic heterocycles. The summed E-state index contributed by atoms with van der Waals surface area (Å²) in [4.78, 5) is 5.33. The number of rotatable bonds is 4. The predicted octanol–water partition coefficient (Wildman–Crippen LogP) is 14.3. The topological polar surface area (TPSA) is 26.0 Å². The Balaban J connectivity index is 1.07. The van der Waals surface area contributed by atoms with Crippen LogP contribution in [-0.4, -0.2) is 4.98 Å². The molecule has 11 aromatic rings. The first-order valence-electron chi connectivity index (χ1n) is 17.6. The highest BCUT2D eigenvalue weighted by atomic mass is 32.1. The summed E-state index contributed by atoms with van der Waals surface area (Å²) < 4.78 is 9.21. The molecule has 0 aliphatic carbocycles. The summed E-state index contributed by atoms with van der Waals surface area (Å²) in [5.74, 6) is 0. The van der Waals surface area contributed by atoms with Crippen LogP contribution in [0.2, 0.25) is 0 Å². The molecule has 0 saturated heterocycles. The molecule has 11 rings (SSSR count). The van der Waals surface area contributed by atoms with Gasteiger partial charge < -0.3 is 4.42 Å². The molecular weight excluding hydrogens is 651 g/mol. The van der Waals surface area contributed by atoms with Gasteiger partial charge in [0.25, 0.3) is 0 Å². The van der Waals surface area contributed by atoms with Crippen LogP contribution in [0.1, 0.15) is 0 Å². The van der Waals surface area contributed by atoms with E-state index in [1.165, 1.54) is 53.4 Å². The van der Waals surface area contributed by atoms with Crippen molar-refractivity contribution in [3.05, 3.63) is 176 Å². The van der Waals surface area contributed by atoms with Crippen molar-refractivity contribution in [2.24, 2.45) is 0 Å². The van der Waals surface area contributed by atoms with Crippen molar-refractivity contribution < 1.29 is 4.42 Å². The maximum Gasteiger partial charge on any atom is 0.136 e. The lowest BCUT2D eigenvalue weighted by Gasteiger charge is -2.16. The number of thiophene rings is 1. The Morgan fingerprint density at radius 3 is 1.87 bits per heavy atom. The van der Waals surface area contributed by atoms with Gasteiger partial charge in [0.15, 0.2) is 0 Å². The third kappa shape index (κ3) is 4.53. The van der Waals surface area contributed by atoms with Crippen LogP contribution in [0, 0.1) is 0 Å². The monoisotopic (exact) mass is 679 g/mol. The summed E-state index contributed by atoms with van der Waals surface area (Å²) >= 11 is 1.86. The first-order valence-corrected chi connectivity index (χ1v) is 18.4. The van der Waals surface area contributed by atoms with E-state index in [1.54, 1.807) is 0 Å².